The molecule has 1 aliphatic heterocycles. The number of hydrogen-bond donors (Lipinski definition) is 1. The van der Waals surface area contributed by atoms with E-state index >= 15 is 0 Å². The molecule has 0 saturated carbocycles. The zero-order valence-electron chi connectivity index (χ0n) is 11.1. The maximum Gasteiger partial charge on any atom is 0.410 e. The maximum absolute atomic E-state index is 11.9. The van der Waals surface area contributed by atoms with Crippen molar-refractivity contribution in [3.8, 4) is 0 Å². The molecule has 0 radical (unpaired) electrons. The average molecular weight is 244 g/mol. The Morgan fingerprint density at radius 3 is 2.82 bits per heavy atom. The van der Waals surface area contributed by atoms with E-state index in [2.05, 4.69) is 0 Å². The minimum atomic E-state index is -0.442. The van der Waals surface area contributed by atoms with Crippen LogP contribution in [0.4, 0.5) is 4.79 Å². The average Bonchev–Trinajstić information content (AvgIpc) is 2.24. The van der Waals surface area contributed by atoms with Gasteiger partial charge in [-0.25, -0.2) is 4.79 Å². The third-order valence-corrected chi connectivity index (χ3v) is 2.52. The monoisotopic (exact) mass is 244 g/mol. The highest BCUT2D eigenvalue weighted by molar-refractivity contribution is 5.68. The Balaban J connectivity index is 2.40. The molecule has 5 heteroatoms. The number of hydrogen-bond acceptors (Lipinski definition) is 4. The van der Waals surface area contributed by atoms with Gasteiger partial charge in [-0.15, -0.1) is 0 Å². The third kappa shape index (κ3) is 5.37. The van der Waals surface area contributed by atoms with E-state index in [9.17, 15) is 4.79 Å². The second-order valence-electron chi connectivity index (χ2n) is 5.35. The molecule has 0 unspecified atom stereocenters. The van der Waals surface area contributed by atoms with Gasteiger partial charge in [-0.05, 0) is 40.2 Å². The molecule has 5 nitrogen and oxygen atoms in total. The summed E-state index contributed by atoms with van der Waals surface area (Å²) in [5, 5.41) is 0. The first-order valence-corrected chi connectivity index (χ1v) is 6.22. The molecule has 1 aliphatic rings. The fourth-order valence-corrected chi connectivity index (χ4v) is 1.73. The van der Waals surface area contributed by atoms with Crippen LogP contribution < -0.4 is 5.73 Å². The molecule has 1 rings (SSSR count). The summed E-state index contributed by atoms with van der Waals surface area (Å²) >= 11 is 0. The maximum atomic E-state index is 11.9. The molecule has 17 heavy (non-hydrogen) atoms. The first-order valence-electron chi connectivity index (χ1n) is 6.22. The number of carbonyl (C=O) groups is 1. The predicted molar refractivity (Wildman–Crippen MR) is 65.8 cm³/mol. The molecule has 0 aromatic heterocycles. The van der Waals surface area contributed by atoms with Crippen LogP contribution in [-0.2, 0) is 9.47 Å². The van der Waals surface area contributed by atoms with Gasteiger partial charge in [-0.2, -0.15) is 0 Å². The Morgan fingerprint density at radius 1 is 1.53 bits per heavy atom. The molecule has 1 fully saturated rings. The van der Waals surface area contributed by atoms with Gasteiger partial charge >= 0.3 is 6.09 Å². The summed E-state index contributed by atoms with van der Waals surface area (Å²) in [4.78, 5) is 13.6. The van der Waals surface area contributed by atoms with Crippen molar-refractivity contribution in [1.82, 2.24) is 4.90 Å². The highest BCUT2D eigenvalue weighted by Gasteiger charge is 2.27. The van der Waals surface area contributed by atoms with Crippen LogP contribution in [0.1, 0.15) is 33.6 Å². The molecule has 1 atom stereocenters. The quantitative estimate of drug-likeness (QED) is 0.814. The molecule has 1 amide bonds. The molecular formula is C12H24N2O3. The van der Waals surface area contributed by atoms with Crippen LogP contribution in [-0.4, -0.2) is 48.9 Å². The summed E-state index contributed by atoms with van der Waals surface area (Å²) in [6, 6.07) is 0. The summed E-state index contributed by atoms with van der Waals surface area (Å²) in [7, 11) is 0. The van der Waals surface area contributed by atoms with Gasteiger partial charge < -0.3 is 20.1 Å². The first-order chi connectivity index (χ1) is 7.92. The highest BCUT2D eigenvalue weighted by atomic mass is 16.6. The molecule has 1 saturated heterocycles. The predicted octanol–water partition coefficient (Wildman–Crippen LogP) is 1.36. The van der Waals surface area contributed by atoms with Crippen molar-refractivity contribution in [2.45, 2.75) is 45.3 Å². The molecule has 0 bridgehead atoms. The Morgan fingerprint density at radius 2 is 2.24 bits per heavy atom. The molecule has 0 spiro atoms. The molecule has 0 aromatic rings. The van der Waals surface area contributed by atoms with Gasteiger partial charge in [-0.3, -0.25) is 0 Å². The SMILES string of the molecule is CC(C)(C)OC(=O)N1CCO[C@@H](CCCN)C1. The van der Waals surface area contributed by atoms with Gasteiger partial charge in [0.15, 0.2) is 0 Å². The first kappa shape index (κ1) is 14.3. The van der Waals surface area contributed by atoms with Gasteiger partial charge in [0.05, 0.1) is 19.3 Å². The van der Waals surface area contributed by atoms with Crippen molar-refractivity contribution >= 4 is 6.09 Å². The van der Waals surface area contributed by atoms with E-state index in [4.69, 9.17) is 15.2 Å². The number of morpholine rings is 1. The van der Waals surface area contributed by atoms with Crippen molar-refractivity contribution in [3.05, 3.63) is 0 Å². The van der Waals surface area contributed by atoms with Gasteiger partial charge in [0, 0.05) is 6.54 Å². The number of rotatable bonds is 3. The fraction of sp³-hybridized carbons (Fsp3) is 0.917. The van der Waals surface area contributed by atoms with Crippen molar-refractivity contribution in [1.29, 1.82) is 0 Å². The summed E-state index contributed by atoms with van der Waals surface area (Å²) in [6.45, 7) is 8.06. The third-order valence-electron chi connectivity index (χ3n) is 2.52. The van der Waals surface area contributed by atoms with Crippen LogP contribution in [0.25, 0.3) is 0 Å². The van der Waals surface area contributed by atoms with E-state index in [1.165, 1.54) is 0 Å². The van der Waals surface area contributed by atoms with Crippen molar-refractivity contribution < 1.29 is 14.3 Å². The topological polar surface area (TPSA) is 64.8 Å². The summed E-state index contributed by atoms with van der Waals surface area (Å²) in [6.07, 6.45) is 1.67. The Bertz CT molecular complexity index is 251. The van der Waals surface area contributed by atoms with Crippen molar-refractivity contribution in [3.63, 3.8) is 0 Å². The van der Waals surface area contributed by atoms with Crippen LogP contribution >= 0.6 is 0 Å². The van der Waals surface area contributed by atoms with Crippen LogP contribution in [0, 0.1) is 0 Å². The van der Waals surface area contributed by atoms with Gasteiger partial charge in [-0.1, -0.05) is 0 Å². The van der Waals surface area contributed by atoms with Crippen LogP contribution in [0.5, 0.6) is 0 Å². The van der Waals surface area contributed by atoms with E-state index in [1.807, 2.05) is 20.8 Å². The van der Waals surface area contributed by atoms with Crippen molar-refractivity contribution in [2.75, 3.05) is 26.2 Å². The highest BCUT2D eigenvalue weighted by Crippen LogP contribution is 2.14. The fourth-order valence-electron chi connectivity index (χ4n) is 1.73. The Kier molecular flexibility index (Phi) is 5.21. The molecule has 0 aromatic carbocycles. The summed E-state index contributed by atoms with van der Waals surface area (Å²) in [5.41, 5.74) is 5.02. The van der Waals surface area contributed by atoms with E-state index < -0.39 is 5.60 Å². The zero-order valence-corrected chi connectivity index (χ0v) is 11.1. The standard InChI is InChI=1S/C12H24N2O3/c1-12(2,3)17-11(15)14-7-8-16-10(9-14)5-4-6-13/h10H,4-9,13H2,1-3H3/t10-/m0/s1. The minimum Gasteiger partial charge on any atom is -0.444 e. The Labute approximate surface area is 103 Å². The van der Waals surface area contributed by atoms with Crippen LogP contribution in [0.2, 0.25) is 0 Å². The number of carbonyl (C=O) groups excluding carboxylic acids is 1. The van der Waals surface area contributed by atoms with E-state index in [-0.39, 0.29) is 12.2 Å². The summed E-state index contributed by atoms with van der Waals surface area (Å²) < 4.78 is 10.9. The largest absolute Gasteiger partial charge is 0.444 e. The van der Waals surface area contributed by atoms with E-state index in [0.717, 1.165) is 12.8 Å². The van der Waals surface area contributed by atoms with Crippen LogP contribution in [0.3, 0.4) is 0 Å². The normalized spacial score (nSPS) is 21.4. The lowest BCUT2D eigenvalue weighted by atomic mass is 10.1. The second kappa shape index (κ2) is 6.21. The lowest BCUT2D eigenvalue weighted by molar-refractivity contribution is -0.0447. The van der Waals surface area contributed by atoms with E-state index in [0.29, 0.717) is 26.2 Å². The second-order valence-corrected chi connectivity index (χ2v) is 5.35. The van der Waals surface area contributed by atoms with Crippen LogP contribution in [0.15, 0.2) is 0 Å². The van der Waals surface area contributed by atoms with Crippen molar-refractivity contribution in [2.24, 2.45) is 5.73 Å². The molecule has 1 heterocycles. The number of ether oxygens (including phenoxy) is 2. The van der Waals surface area contributed by atoms with E-state index in [1.54, 1.807) is 4.90 Å². The number of nitrogens with two attached hydrogens (primary N) is 1. The lowest BCUT2D eigenvalue weighted by Crippen LogP contribution is -2.47. The smallest absolute Gasteiger partial charge is 0.410 e. The minimum absolute atomic E-state index is 0.0971. The van der Waals surface area contributed by atoms with Gasteiger partial charge in [0.25, 0.3) is 0 Å². The zero-order chi connectivity index (χ0) is 12.9. The van der Waals surface area contributed by atoms with Gasteiger partial charge in [0.1, 0.15) is 5.60 Å². The molecule has 2 N–H and O–H groups in total. The number of amides is 1. The lowest BCUT2D eigenvalue weighted by Gasteiger charge is -2.34. The molecular weight excluding hydrogens is 220 g/mol. The van der Waals surface area contributed by atoms with Gasteiger partial charge in [0.2, 0.25) is 0 Å². The Hall–Kier alpha value is -0.810. The molecule has 100 valence electrons. The molecule has 0 aliphatic carbocycles. The summed E-state index contributed by atoms with van der Waals surface area (Å²) in [5.74, 6) is 0. The number of nitrogens with zero attached hydrogens (tertiary/aromatic N) is 1.